The van der Waals surface area contributed by atoms with Gasteiger partial charge >= 0.3 is 0 Å². The first-order chi connectivity index (χ1) is 14.2. The summed E-state index contributed by atoms with van der Waals surface area (Å²) in [4.78, 5) is 12.1. The molecule has 0 heterocycles. The molecule has 2 aromatic rings. The molecule has 0 aliphatic heterocycles. The van der Waals surface area contributed by atoms with Gasteiger partial charge < -0.3 is 10.4 Å². The van der Waals surface area contributed by atoms with Gasteiger partial charge in [-0.3, -0.25) is 4.79 Å². The molecule has 1 atom stereocenters. The van der Waals surface area contributed by atoms with E-state index in [4.69, 9.17) is 0 Å². The zero-order valence-electron chi connectivity index (χ0n) is 17.5. The Morgan fingerprint density at radius 3 is 2.34 bits per heavy atom. The van der Waals surface area contributed by atoms with Crippen molar-refractivity contribution in [3.8, 4) is 11.8 Å². The number of amides is 1. The van der Waals surface area contributed by atoms with Crippen molar-refractivity contribution >= 4 is 5.91 Å². The molecule has 2 N–H and O–H groups in total. The molecule has 0 fully saturated rings. The molecule has 0 saturated carbocycles. The fraction of sp³-hybridized carbons (Fsp3) is 0.423. The zero-order valence-corrected chi connectivity index (χ0v) is 17.5. The Labute approximate surface area is 175 Å². The third-order valence-electron chi connectivity index (χ3n) is 4.88. The average Bonchev–Trinajstić information content (AvgIpc) is 2.75. The molecule has 2 rings (SSSR count). The van der Waals surface area contributed by atoms with Crippen LogP contribution >= 0.6 is 0 Å². The summed E-state index contributed by atoms with van der Waals surface area (Å²) in [6.45, 7) is 2.65. The Morgan fingerprint density at radius 2 is 1.62 bits per heavy atom. The minimum absolute atomic E-state index is 0.298. The van der Waals surface area contributed by atoms with Crippen LogP contribution in [-0.2, 0) is 17.8 Å². The van der Waals surface area contributed by atoms with Crippen LogP contribution in [0.4, 0.5) is 0 Å². The van der Waals surface area contributed by atoms with Gasteiger partial charge in [-0.25, -0.2) is 0 Å². The number of hydrogen-bond donors (Lipinski definition) is 2. The molecule has 154 valence electrons. The molecule has 0 spiro atoms. The van der Waals surface area contributed by atoms with Crippen LogP contribution in [0.5, 0.6) is 0 Å². The molecule has 0 aliphatic carbocycles. The van der Waals surface area contributed by atoms with Crippen LogP contribution in [0.3, 0.4) is 0 Å². The Kier molecular flexibility index (Phi) is 10.6. The number of carbonyl (C=O) groups is 1. The molecule has 0 saturated heterocycles. The molecule has 0 aromatic heterocycles. The second-order valence-electron chi connectivity index (χ2n) is 7.44. The number of carbonyl (C=O) groups excluding carboxylic acids is 1. The molecule has 0 radical (unpaired) electrons. The van der Waals surface area contributed by atoms with Gasteiger partial charge in [-0.2, -0.15) is 0 Å². The second kappa shape index (κ2) is 13.6. The summed E-state index contributed by atoms with van der Waals surface area (Å²) in [5, 5.41) is 12.9. The van der Waals surface area contributed by atoms with Crippen LogP contribution in [0.15, 0.2) is 54.6 Å². The molecule has 0 aliphatic rings. The summed E-state index contributed by atoms with van der Waals surface area (Å²) >= 11 is 0. The van der Waals surface area contributed by atoms with E-state index in [0.717, 1.165) is 23.1 Å². The number of aliphatic hydroxyl groups excluding tert-OH is 1. The average molecular weight is 392 g/mol. The van der Waals surface area contributed by atoms with E-state index in [1.54, 1.807) is 0 Å². The van der Waals surface area contributed by atoms with Crippen molar-refractivity contribution in [2.75, 3.05) is 0 Å². The Morgan fingerprint density at radius 1 is 0.931 bits per heavy atom. The SMILES string of the molecule is CCCCCCCCC#Cc1ccc(CC(O)C(=O)NCc2ccccc2)cc1. The monoisotopic (exact) mass is 391 g/mol. The zero-order chi connectivity index (χ0) is 20.7. The lowest BCUT2D eigenvalue weighted by atomic mass is 10.0. The third-order valence-corrected chi connectivity index (χ3v) is 4.88. The Bertz CT molecular complexity index is 772. The number of rotatable bonds is 11. The van der Waals surface area contributed by atoms with Crippen LogP contribution in [0.25, 0.3) is 0 Å². The summed E-state index contributed by atoms with van der Waals surface area (Å²) in [5.41, 5.74) is 2.91. The van der Waals surface area contributed by atoms with E-state index in [-0.39, 0.29) is 5.91 Å². The van der Waals surface area contributed by atoms with Crippen molar-refractivity contribution in [1.29, 1.82) is 0 Å². The van der Waals surface area contributed by atoms with Crippen LogP contribution in [0.2, 0.25) is 0 Å². The van der Waals surface area contributed by atoms with E-state index in [9.17, 15) is 9.90 Å². The Hall–Kier alpha value is -2.57. The lowest BCUT2D eigenvalue weighted by molar-refractivity contribution is -0.129. The van der Waals surface area contributed by atoms with Crippen LogP contribution in [-0.4, -0.2) is 17.1 Å². The molecular formula is C26H33NO2. The minimum Gasteiger partial charge on any atom is -0.383 e. The van der Waals surface area contributed by atoms with Crippen LogP contribution in [0, 0.1) is 11.8 Å². The highest BCUT2D eigenvalue weighted by Crippen LogP contribution is 2.09. The standard InChI is InChI=1S/C26H33NO2/c1-2-3-4-5-6-7-8-10-13-22-16-18-23(19-17-22)20-25(28)26(29)27-21-24-14-11-9-12-15-24/h9,11-12,14-19,25,28H,2-8,20-21H2,1H3,(H,27,29). The highest BCUT2D eigenvalue weighted by atomic mass is 16.3. The first-order valence-corrected chi connectivity index (χ1v) is 10.8. The van der Waals surface area contributed by atoms with E-state index in [2.05, 4.69) is 24.1 Å². The van der Waals surface area contributed by atoms with E-state index in [0.29, 0.717) is 13.0 Å². The predicted molar refractivity (Wildman–Crippen MR) is 119 cm³/mol. The molecule has 1 unspecified atom stereocenters. The quantitative estimate of drug-likeness (QED) is 0.418. The largest absolute Gasteiger partial charge is 0.383 e. The van der Waals surface area contributed by atoms with Gasteiger partial charge in [0.15, 0.2) is 0 Å². The van der Waals surface area contributed by atoms with Gasteiger partial charge in [-0.1, -0.05) is 93.3 Å². The van der Waals surface area contributed by atoms with Crippen molar-refractivity contribution in [3.05, 3.63) is 71.3 Å². The third kappa shape index (κ3) is 9.45. The molecule has 3 nitrogen and oxygen atoms in total. The fourth-order valence-electron chi connectivity index (χ4n) is 3.10. The molecule has 2 aromatic carbocycles. The van der Waals surface area contributed by atoms with Crippen molar-refractivity contribution < 1.29 is 9.90 Å². The summed E-state index contributed by atoms with van der Waals surface area (Å²) in [5.74, 6) is 6.09. The maximum absolute atomic E-state index is 12.1. The van der Waals surface area contributed by atoms with Gasteiger partial charge in [-0.05, 0) is 29.7 Å². The van der Waals surface area contributed by atoms with Crippen LogP contribution < -0.4 is 5.32 Å². The van der Waals surface area contributed by atoms with Gasteiger partial charge in [0.25, 0.3) is 0 Å². The van der Waals surface area contributed by atoms with E-state index >= 15 is 0 Å². The number of nitrogens with one attached hydrogen (secondary N) is 1. The summed E-state index contributed by atoms with van der Waals surface area (Å²) < 4.78 is 0. The lowest BCUT2D eigenvalue weighted by Gasteiger charge is -2.11. The van der Waals surface area contributed by atoms with Gasteiger partial charge in [0.05, 0.1) is 0 Å². The van der Waals surface area contributed by atoms with Gasteiger partial charge in [0.2, 0.25) is 5.91 Å². The van der Waals surface area contributed by atoms with Crippen LogP contribution in [0.1, 0.15) is 68.6 Å². The predicted octanol–water partition coefficient (Wildman–Crippen LogP) is 5.01. The Balaban J connectivity index is 1.70. The van der Waals surface area contributed by atoms with E-state index in [1.165, 1.54) is 38.5 Å². The minimum atomic E-state index is -1.05. The first kappa shape index (κ1) is 22.7. The lowest BCUT2D eigenvalue weighted by Crippen LogP contribution is -2.35. The van der Waals surface area contributed by atoms with Crippen molar-refractivity contribution in [1.82, 2.24) is 5.32 Å². The van der Waals surface area contributed by atoms with E-state index in [1.807, 2.05) is 54.6 Å². The van der Waals surface area contributed by atoms with Gasteiger partial charge in [-0.15, -0.1) is 0 Å². The fourth-order valence-corrected chi connectivity index (χ4v) is 3.10. The number of unbranched alkanes of at least 4 members (excludes halogenated alkanes) is 6. The number of hydrogen-bond acceptors (Lipinski definition) is 2. The highest BCUT2D eigenvalue weighted by molar-refractivity contribution is 5.80. The van der Waals surface area contributed by atoms with E-state index < -0.39 is 6.10 Å². The molecular weight excluding hydrogens is 358 g/mol. The van der Waals surface area contributed by atoms with Crippen molar-refractivity contribution in [3.63, 3.8) is 0 Å². The first-order valence-electron chi connectivity index (χ1n) is 10.8. The number of benzene rings is 2. The topological polar surface area (TPSA) is 49.3 Å². The molecule has 3 heteroatoms. The maximum atomic E-state index is 12.1. The normalized spacial score (nSPS) is 11.4. The molecule has 29 heavy (non-hydrogen) atoms. The van der Waals surface area contributed by atoms with Crippen molar-refractivity contribution in [2.24, 2.45) is 0 Å². The maximum Gasteiger partial charge on any atom is 0.249 e. The smallest absolute Gasteiger partial charge is 0.249 e. The number of aliphatic hydroxyl groups is 1. The molecule has 0 bridgehead atoms. The summed E-state index contributed by atoms with van der Waals surface area (Å²) in [7, 11) is 0. The van der Waals surface area contributed by atoms with Crippen molar-refractivity contribution in [2.45, 2.75) is 70.9 Å². The van der Waals surface area contributed by atoms with Gasteiger partial charge in [0.1, 0.15) is 6.10 Å². The summed E-state index contributed by atoms with van der Waals surface area (Å²) in [6.07, 6.45) is 7.87. The highest BCUT2D eigenvalue weighted by Gasteiger charge is 2.15. The van der Waals surface area contributed by atoms with Gasteiger partial charge in [0, 0.05) is 24.9 Å². The summed E-state index contributed by atoms with van der Waals surface area (Å²) in [6, 6.07) is 17.5. The molecule has 1 amide bonds. The second-order valence-corrected chi connectivity index (χ2v) is 7.44.